The zero-order valence-electron chi connectivity index (χ0n) is 14.1. The number of thiazole rings is 1. The van der Waals surface area contributed by atoms with Gasteiger partial charge in [0.1, 0.15) is 0 Å². The highest BCUT2D eigenvalue weighted by Gasteiger charge is 2.25. The van der Waals surface area contributed by atoms with E-state index in [1.165, 1.54) is 60.5 Å². The molecule has 1 aromatic rings. The van der Waals surface area contributed by atoms with Crippen molar-refractivity contribution in [3.63, 3.8) is 0 Å². The zero-order valence-corrected chi connectivity index (χ0v) is 14.9. The van der Waals surface area contributed by atoms with Crippen molar-refractivity contribution in [2.24, 2.45) is 5.92 Å². The summed E-state index contributed by atoms with van der Waals surface area (Å²) >= 11 is 1.99. The molecule has 0 saturated heterocycles. The Bertz CT molecular complexity index is 405. The molecule has 1 aliphatic carbocycles. The van der Waals surface area contributed by atoms with Crippen molar-refractivity contribution >= 4 is 11.3 Å². The topological polar surface area (TPSA) is 24.9 Å². The lowest BCUT2D eigenvalue weighted by Gasteiger charge is -2.27. The average molecular weight is 309 g/mol. The minimum Gasteiger partial charge on any atom is -0.312 e. The fourth-order valence-electron chi connectivity index (χ4n) is 3.49. The Morgan fingerprint density at radius 3 is 2.48 bits per heavy atom. The van der Waals surface area contributed by atoms with E-state index in [9.17, 15) is 0 Å². The van der Waals surface area contributed by atoms with E-state index in [1.54, 1.807) is 0 Å². The van der Waals surface area contributed by atoms with Crippen molar-refractivity contribution in [1.82, 2.24) is 10.3 Å². The van der Waals surface area contributed by atoms with E-state index in [0.717, 1.165) is 31.3 Å². The summed E-state index contributed by atoms with van der Waals surface area (Å²) in [5.41, 5.74) is 1.37. The van der Waals surface area contributed by atoms with Gasteiger partial charge in [-0.15, -0.1) is 11.3 Å². The Morgan fingerprint density at radius 2 is 1.86 bits per heavy atom. The summed E-state index contributed by atoms with van der Waals surface area (Å²) in [5, 5.41) is 4.91. The summed E-state index contributed by atoms with van der Waals surface area (Å²) in [6, 6.07) is 0. The largest absolute Gasteiger partial charge is 0.312 e. The third kappa shape index (κ3) is 4.79. The summed E-state index contributed by atoms with van der Waals surface area (Å²) in [7, 11) is 0. The molecule has 1 aliphatic rings. The van der Waals surface area contributed by atoms with Crippen LogP contribution in [0.15, 0.2) is 0 Å². The van der Waals surface area contributed by atoms with Gasteiger partial charge in [0.05, 0.1) is 10.7 Å². The number of aromatic nitrogens is 1. The fraction of sp³-hybridized carbons (Fsp3) is 0.833. The van der Waals surface area contributed by atoms with E-state index in [4.69, 9.17) is 4.98 Å². The van der Waals surface area contributed by atoms with E-state index in [1.807, 2.05) is 11.3 Å². The highest BCUT2D eigenvalue weighted by Crippen LogP contribution is 2.39. The Hall–Kier alpha value is -0.410. The van der Waals surface area contributed by atoms with Crippen LogP contribution in [0.25, 0.3) is 0 Å². The van der Waals surface area contributed by atoms with Gasteiger partial charge in [-0.25, -0.2) is 4.98 Å². The van der Waals surface area contributed by atoms with Gasteiger partial charge >= 0.3 is 0 Å². The highest BCUT2D eigenvalue weighted by atomic mass is 32.1. The van der Waals surface area contributed by atoms with Gasteiger partial charge in [-0.05, 0) is 44.6 Å². The van der Waals surface area contributed by atoms with E-state index >= 15 is 0 Å². The Labute approximate surface area is 134 Å². The second-order valence-corrected chi connectivity index (χ2v) is 7.57. The normalized spacial score (nSPS) is 22.6. The number of rotatable bonds is 8. The smallest absolute Gasteiger partial charge is 0.0962 e. The van der Waals surface area contributed by atoms with E-state index in [-0.39, 0.29) is 0 Å². The molecule has 120 valence electrons. The number of aryl methyl sites for hydroxylation is 1. The molecule has 0 aliphatic heterocycles. The summed E-state index contributed by atoms with van der Waals surface area (Å²) in [4.78, 5) is 6.52. The molecule has 2 nitrogen and oxygen atoms in total. The molecule has 0 bridgehead atoms. The van der Waals surface area contributed by atoms with E-state index in [0.29, 0.717) is 0 Å². The maximum absolute atomic E-state index is 5.03. The lowest BCUT2D eigenvalue weighted by molar-refractivity contribution is 0.308. The highest BCUT2D eigenvalue weighted by molar-refractivity contribution is 7.11. The van der Waals surface area contributed by atoms with Crippen LogP contribution in [0.3, 0.4) is 0 Å². The summed E-state index contributed by atoms with van der Waals surface area (Å²) in [5.74, 6) is 1.73. The maximum atomic E-state index is 5.03. The van der Waals surface area contributed by atoms with Crippen LogP contribution in [0.2, 0.25) is 0 Å². The predicted octanol–water partition coefficient (Wildman–Crippen LogP) is 5.28. The Kier molecular flexibility index (Phi) is 7.18. The Morgan fingerprint density at radius 1 is 1.10 bits per heavy atom. The minimum atomic E-state index is 0.745. The van der Waals surface area contributed by atoms with Crippen molar-refractivity contribution in [2.75, 3.05) is 6.54 Å². The molecule has 0 atom stereocenters. The molecular formula is C18H32N2S. The SMILES string of the molecule is CCCc1nc(C2CCC(CCC)CC2)sc1CNCC. The molecule has 1 heterocycles. The molecule has 3 heteroatoms. The molecule has 1 aromatic heterocycles. The van der Waals surface area contributed by atoms with Gasteiger partial charge in [-0.1, -0.05) is 40.0 Å². The van der Waals surface area contributed by atoms with Gasteiger partial charge in [0.25, 0.3) is 0 Å². The molecule has 1 saturated carbocycles. The molecule has 1 N–H and O–H groups in total. The molecule has 0 radical (unpaired) electrons. The first kappa shape index (κ1) is 17.0. The van der Waals surface area contributed by atoms with Gasteiger partial charge in [-0.2, -0.15) is 0 Å². The second kappa shape index (κ2) is 8.89. The van der Waals surface area contributed by atoms with E-state index < -0.39 is 0 Å². The summed E-state index contributed by atoms with van der Waals surface area (Å²) < 4.78 is 0. The third-order valence-corrected chi connectivity index (χ3v) is 5.97. The zero-order chi connectivity index (χ0) is 15.1. The van der Waals surface area contributed by atoms with Crippen molar-refractivity contribution in [1.29, 1.82) is 0 Å². The number of nitrogens with one attached hydrogen (secondary N) is 1. The molecule has 1 fully saturated rings. The van der Waals surface area contributed by atoms with Gasteiger partial charge in [0.15, 0.2) is 0 Å². The van der Waals surface area contributed by atoms with Gasteiger partial charge in [0.2, 0.25) is 0 Å². The lowest BCUT2D eigenvalue weighted by Crippen LogP contribution is -2.13. The van der Waals surface area contributed by atoms with Gasteiger partial charge < -0.3 is 5.32 Å². The van der Waals surface area contributed by atoms with Gasteiger partial charge in [0, 0.05) is 17.3 Å². The first-order valence-corrected chi connectivity index (χ1v) is 9.79. The summed E-state index contributed by atoms with van der Waals surface area (Å²) in [6.45, 7) is 8.80. The predicted molar refractivity (Wildman–Crippen MR) is 93.1 cm³/mol. The standard InChI is InChI=1S/C18H32N2S/c1-4-7-14-9-11-15(12-10-14)18-20-16(8-5-2)17(21-18)13-19-6-3/h14-15,19H,4-13H2,1-3H3. The van der Waals surface area contributed by atoms with Crippen LogP contribution >= 0.6 is 11.3 Å². The molecule has 2 rings (SSSR count). The summed E-state index contributed by atoms with van der Waals surface area (Å²) in [6.07, 6.45) is 10.7. The number of nitrogens with zero attached hydrogens (tertiary/aromatic N) is 1. The first-order valence-electron chi connectivity index (χ1n) is 8.97. The monoisotopic (exact) mass is 308 g/mol. The molecule has 21 heavy (non-hydrogen) atoms. The quantitative estimate of drug-likeness (QED) is 0.707. The van der Waals surface area contributed by atoms with Crippen LogP contribution in [-0.2, 0) is 13.0 Å². The van der Waals surface area contributed by atoms with Crippen LogP contribution in [0, 0.1) is 5.92 Å². The molecular weight excluding hydrogens is 276 g/mol. The second-order valence-electron chi connectivity index (χ2n) is 6.46. The number of hydrogen-bond acceptors (Lipinski definition) is 3. The van der Waals surface area contributed by atoms with Crippen LogP contribution in [0.5, 0.6) is 0 Å². The van der Waals surface area contributed by atoms with Crippen LogP contribution in [0.1, 0.15) is 87.2 Å². The van der Waals surface area contributed by atoms with E-state index in [2.05, 4.69) is 26.1 Å². The molecule has 0 amide bonds. The van der Waals surface area contributed by atoms with Crippen molar-refractivity contribution in [3.05, 3.63) is 15.6 Å². The first-order chi connectivity index (χ1) is 10.3. The molecule has 0 aromatic carbocycles. The third-order valence-electron chi connectivity index (χ3n) is 4.71. The van der Waals surface area contributed by atoms with Crippen molar-refractivity contribution in [3.8, 4) is 0 Å². The lowest BCUT2D eigenvalue weighted by atomic mass is 9.80. The average Bonchev–Trinajstić information content (AvgIpc) is 2.90. The molecule has 0 unspecified atom stereocenters. The van der Waals surface area contributed by atoms with Gasteiger partial charge in [-0.3, -0.25) is 0 Å². The van der Waals surface area contributed by atoms with Crippen molar-refractivity contribution < 1.29 is 0 Å². The maximum Gasteiger partial charge on any atom is 0.0962 e. The van der Waals surface area contributed by atoms with Crippen LogP contribution in [0.4, 0.5) is 0 Å². The fourth-order valence-corrected chi connectivity index (χ4v) is 4.74. The van der Waals surface area contributed by atoms with Crippen LogP contribution < -0.4 is 5.32 Å². The minimum absolute atomic E-state index is 0.745. The number of hydrogen-bond donors (Lipinski definition) is 1. The van der Waals surface area contributed by atoms with Crippen molar-refractivity contribution in [2.45, 2.75) is 84.6 Å². The van der Waals surface area contributed by atoms with Crippen LogP contribution in [-0.4, -0.2) is 11.5 Å². The molecule has 0 spiro atoms. The Balaban J connectivity index is 1.99.